The van der Waals surface area contributed by atoms with E-state index in [1.54, 1.807) is 24.2 Å². The predicted molar refractivity (Wildman–Crippen MR) is 73.6 cm³/mol. The van der Waals surface area contributed by atoms with Gasteiger partial charge in [0.05, 0.1) is 5.69 Å². The van der Waals surface area contributed by atoms with E-state index in [-0.39, 0.29) is 11.9 Å². The topological polar surface area (TPSA) is 43.9 Å². The molecule has 0 atom stereocenters. The Bertz CT molecular complexity index is 564. The lowest BCUT2D eigenvalue weighted by molar-refractivity contribution is -0.114. The van der Waals surface area contributed by atoms with Crippen molar-refractivity contribution >= 4 is 17.6 Å². The van der Waals surface area contributed by atoms with E-state index in [4.69, 9.17) is 0 Å². The molecule has 5 nitrogen and oxygen atoms in total. The van der Waals surface area contributed by atoms with Crippen molar-refractivity contribution in [2.75, 3.05) is 26.0 Å². The van der Waals surface area contributed by atoms with Crippen LogP contribution in [0.3, 0.4) is 0 Å². The molecule has 1 heterocycles. The molecule has 0 radical (unpaired) electrons. The van der Waals surface area contributed by atoms with Crippen molar-refractivity contribution < 1.29 is 9.59 Å². The molecular formula is C14H17N3O2. The van der Waals surface area contributed by atoms with E-state index in [9.17, 15) is 9.59 Å². The number of carbonyl (C=O) groups excluding carboxylic acids is 2. The van der Waals surface area contributed by atoms with Crippen LogP contribution in [-0.2, 0) is 4.79 Å². The SMILES string of the molecule is Cc1cccc(N2C(=O)C(=CN(C)C)N(C)C2=O)c1. The van der Waals surface area contributed by atoms with Crippen LogP contribution in [0.2, 0.25) is 0 Å². The van der Waals surface area contributed by atoms with Gasteiger partial charge in [-0.1, -0.05) is 12.1 Å². The van der Waals surface area contributed by atoms with E-state index < -0.39 is 0 Å². The van der Waals surface area contributed by atoms with E-state index in [1.165, 1.54) is 9.80 Å². The Kier molecular flexibility index (Phi) is 3.29. The van der Waals surface area contributed by atoms with Crippen molar-refractivity contribution in [3.8, 4) is 0 Å². The van der Waals surface area contributed by atoms with Gasteiger partial charge in [-0.25, -0.2) is 9.69 Å². The number of urea groups is 1. The molecule has 0 saturated carbocycles. The summed E-state index contributed by atoms with van der Waals surface area (Å²) in [6.45, 7) is 1.93. The Hall–Kier alpha value is -2.30. The molecule has 0 aliphatic carbocycles. The Balaban J connectivity index is 2.44. The number of amides is 3. The lowest BCUT2D eigenvalue weighted by Crippen LogP contribution is -2.31. The first-order chi connectivity index (χ1) is 8.91. The fraction of sp³-hybridized carbons (Fsp3) is 0.286. The number of nitrogens with zero attached hydrogens (tertiary/aromatic N) is 3. The maximum atomic E-state index is 12.3. The number of rotatable bonds is 2. The molecule has 0 unspecified atom stereocenters. The van der Waals surface area contributed by atoms with Gasteiger partial charge in [-0.2, -0.15) is 0 Å². The van der Waals surface area contributed by atoms with Crippen LogP contribution in [0.25, 0.3) is 0 Å². The van der Waals surface area contributed by atoms with Crippen LogP contribution in [0.4, 0.5) is 10.5 Å². The molecule has 0 spiro atoms. The summed E-state index contributed by atoms with van der Waals surface area (Å²) < 4.78 is 0. The fourth-order valence-corrected chi connectivity index (χ4v) is 1.98. The van der Waals surface area contributed by atoms with E-state index in [2.05, 4.69) is 0 Å². The standard InChI is InChI=1S/C14H17N3O2/c1-10-6-5-7-11(8-10)17-13(18)12(9-15(2)3)16(4)14(17)19/h5-9H,1-4H3. The van der Waals surface area contributed by atoms with Crippen LogP contribution in [-0.4, -0.2) is 42.9 Å². The largest absolute Gasteiger partial charge is 0.382 e. The van der Waals surface area contributed by atoms with Gasteiger partial charge in [0, 0.05) is 27.3 Å². The lowest BCUT2D eigenvalue weighted by Gasteiger charge is -2.13. The molecule has 1 fully saturated rings. The highest BCUT2D eigenvalue weighted by Crippen LogP contribution is 2.26. The molecule has 5 heteroatoms. The number of imide groups is 1. The molecular weight excluding hydrogens is 242 g/mol. The second-order valence-electron chi connectivity index (χ2n) is 4.80. The summed E-state index contributed by atoms with van der Waals surface area (Å²) in [5, 5.41) is 0. The van der Waals surface area contributed by atoms with Gasteiger partial charge in [0.2, 0.25) is 0 Å². The number of likely N-dealkylation sites (N-methyl/N-ethyl adjacent to an activating group) is 1. The number of hydrogen-bond donors (Lipinski definition) is 0. The van der Waals surface area contributed by atoms with Crippen LogP contribution >= 0.6 is 0 Å². The van der Waals surface area contributed by atoms with E-state index >= 15 is 0 Å². The molecule has 3 amide bonds. The van der Waals surface area contributed by atoms with Gasteiger partial charge in [0.1, 0.15) is 5.70 Å². The van der Waals surface area contributed by atoms with Crippen LogP contribution in [0.5, 0.6) is 0 Å². The van der Waals surface area contributed by atoms with Crippen molar-refractivity contribution in [3.63, 3.8) is 0 Å². The molecule has 19 heavy (non-hydrogen) atoms. The molecule has 0 N–H and O–H groups in total. The zero-order valence-corrected chi connectivity index (χ0v) is 11.5. The van der Waals surface area contributed by atoms with Gasteiger partial charge in [0.15, 0.2) is 0 Å². The molecule has 0 aromatic heterocycles. The highest BCUT2D eigenvalue weighted by atomic mass is 16.2. The summed E-state index contributed by atoms with van der Waals surface area (Å²) >= 11 is 0. The van der Waals surface area contributed by atoms with Crippen LogP contribution in [0, 0.1) is 6.92 Å². The molecule has 1 aromatic rings. The number of hydrogen-bond acceptors (Lipinski definition) is 3. The summed E-state index contributed by atoms with van der Waals surface area (Å²) in [5.74, 6) is -0.299. The highest BCUT2D eigenvalue weighted by Gasteiger charge is 2.39. The summed E-state index contributed by atoms with van der Waals surface area (Å²) in [6, 6.07) is 7.01. The van der Waals surface area contributed by atoms with Gasteiger partial charge in [-0.15, -0.1) is 0 Å². The second kappa shape index (κ2) is 4.76. The maximum absolute atomic E-state index is 12.3. The first-order valence-electron chi connectivity index (χ1n) is 5.99. The Morgan fingerprint density at radius 3 is 2.47 bits per heavy atom. The molecule has 100 valence electrons. The van der Waals surface area contributed by atoms with Gasteiger partial charge < -0.3 is 4.90 Å². The van der Waals surface area contributed by atoms with Crippen molar-refractivity contribution in [1.82, 2.24) is 9.80 Å². The molecule has 1 aromatic carbocycles. The average molecular weight is 259 g/mol. The zero-order valence-electron chi connectivity index (χ0n) is 11.5. The third kappa shape index (κ3) is 2.31. The highest BCUT2D eigenvalue weighted by molar-refractivity contribution is 6.26. The van der Waals surface area contributed by atoms with E-state index in [1.807, 2.05) is 39.2 Å². The lowest BCUT2D eigenvalue weighted by atomic mass is 10.2. The zero-order chi connectivity index (χ0) is 14.2. The minimum atomic E-state index is -0.330. The smallest absolute Gasteiger partial charge is 0.336 e. The Morgan fingerprint density at radius 2 is 1.89 bits per heavy atom. The third-order valence-electron chi connectivity index (χ3n) is 2.90. The second-order valence-corrected chi connectivity index (χ2v) is 4.80. The summed E-state index contributed by atoms with van der Waals surface area (Å²) in [5.41, 5.74) is 1.98. The van der Waals surface area contributed by atoms with Gasteiger partial charge in [-0.3, -0.25) is 9.69 Å². The van der Waals surface area contributed by atoms with Gasteiger partial charge in [0.25, 0.3) is 5.91 Å². The third-order valence-corrected chi connectivity index (χ3v) is 2.90. The molecule has 1 aliphatic heterocycles. The van der Waals surface area contributed by atoms with Gasteiger partial charge in [-0.05, 0) is 24.6 Å². The van der Waals surface area contributed by atoms with Crippen molar-refractivity contribution in [1.29, 1.82) is 0 Å². The number of aryl methyl sites for hydroxylation is 1. The molecule has 1 saturated heterocycles. The maximum Gasteiger partial charge on any atom is 0.336 e. The summed E-state index contributed by atoms with van der Waals surface area (Å²) in [4.78, 5) is 28.8. The molecule has 1 aliphatic rings. The summed E-state index contributed by atoms with van der Waals surface area (Å²) in [7, 11) is 5.23. The van der Waals surface area contributed by atoms with E-state index in [0.717, 1.165) is 5.56 Å². The summed E-state index contributed by atoms with van der Waals surface area (Å²) in [6.07, 6.45) is 1.65. The Morgan fingerprint density at radius 1 is 1.21 bits per heavy atom. The predicted octanol–water partition coefficient (Wildman–Crippen LogP) is 1.80. The number of anilines is 1. The minimum absolute atomic E-state index is 0.299. The monoisotopic (exact) mass is 259 g/mol. The van der Waals surface area contributed by atoms with Crippen molar-refractivity contribution in [3.05, 3.63) is 41.7 Å². The van der Waals surface area contributed by atoms with Gasteiger partial charge >= 0.3 is 6.03 Å². The Labute approximate surface area is 112 Å². The van der Waals surface area contributed by atoms with Crippen LogP contribution in [0.1, 0.15) is 5.56 Å². The quantitative estimate of drug-likeness (QED) is 0.601. The van der Waals surface area contributed by atoms with Crippen LogP contribution in [0.15, 0.2) is 36.2 Å². The molecule has 0 bridgehead atoms. The molecule has 2 rings (SSSR count). The number of carbonyl (C=O) groups is 2. The average Bonchev–Trinajstić information content (AvgIpc) is 2.53. The fourth-order valence-electron chi connectivity index (χ4n) is 1.98. The first-order valence-corrected chi connectivity index (χ1v) is 5.99. The van der Waals surface area contributed by atoms with Crippen LogP contribution < -0.4 is 4.90 Å². The van der Waals surface area contributed by atoms with Crippen molar-refractivity contribution in [2.45, 2.75) is 6.92 Å². The van der Waals surface area contributed by atoms with Crippen molar-refractivity contribution in [2.24, 2.45) is 0 Å². The van der Waals surface area contributed by atoms with E-state index in [0.29, 0.717) is 11.4 Å². The minimum Gasteiger partial charge on any atom is -0.382 e. The number of benzene rings is 1. The first kappa shape index (κ1) is 13.1. The normalized spacial score (nSPS) is 17.6.